The zero-order valence-corrected chi connectivity index (χ0v) is 12.6. The molecular weight excluding hydrogens is 288 g/mol. The van der Waals surface area contributed by atoms with Crippen LogP contribution in [-0.4, -0.2) is 36.2 Å². The van der Waals surface area contributed by atoms with E-state index in [1.165, 1.54) is 6.92 Å². The van der Waals surface area contributed by atoms with E-state index in [1.807, 2.05) is 0 Å². The van der Waals surface area contributed by atoms with Crippen molar-refractivity contribution in [1.29, 1.82) is 0 Å². The average Bonchev–Trinajstić information content (AvgIpc) is 2.49. The van der Waals surface area contributed by atoms with Crippen molar-refractivity contribution in [2.75, 3.05) is 13.3 Å². The Balaban J connectivity index is 2.59. The van der Waals surface area contributed by atoms with Gasteiger partial charge in [-0.15, -0.1) is 0 Å². The van der Waals surface area contributed by atoms with Gasteiger partial charge in [-0.2, -0.15) is 0 Å². The van der Waals surface area contributed by atoms with Crippen LogP contribution in [0.15, 0.2) is 24.3 Å². The van der Waals surface area contributed by atoms with Crippen LogP contribution >= 0.6 is 0 Å². The summed E-state index contributed by atoms with van der Waals surface area (Å²) in [7, 11) is 0. The number of carbonyl (C=O) groups is 2. The fraction of sp³-hybridized carbons (Fsp3) is 0.500. The lowest BCUT2D eigenvalue weighted by atomic mass is 9.92. The third-order valence-corrected chi connectivity index (χ3v) is 3.45. The molecule has 0 aromatic heterocycles. The van der Waals surface area contributed by atoms with Crippen LogP contribution in [0.1, 0.15) is 25.3 Å². The summed E-state index contributed by atoms with van der Waals surface area (Å²) in [5.41, 5.74) is 6.48. The maximum Gasteiger partial charge on any atom is 0.306 e. The number of Topliss-reactive ketones (excluding diaryl/α,β-unsaturated/α-hetero) is 1. The second-order valence-corrected chi connectivity index (χ2v) is 5.22. The van der Waals surface area contributed by atoms with Gasteiger partial charge in [-0.05, 0) is 43.9 Å². The van der Waals surface area contributed by atoms with Crippen molar-refractivity contribution < 1.29 is 23.8 Å². The summed E-state index contributed by atoms with van der Waals surface area (Å²) in [4.78, 5) is 22.4. The fourth-order valence-corrected chi connectivity index (χ4v) is 2.06. The molecule has 1 aromatic rings. The molecule has 3 N–H and O–H groups in total. The van der Waals surface area contributed by atoms with Crippen molar-refractivity contribution in [3.8, 4) is 5.75 Å². The molecule has 0 aliphatic rings. The molecule has 1 unspecified atom stereocenters. The SMILES string of the molecule is CC(=O)[C@@H](N)CCC(Cc1ccc(OCC[18F])cc1)C(=O)O. The molecule has 122 valence electrons. The van der Waals surface area contributed by atoms with E-state index in [1.54, 1.807) is 24.3 Å². The number of alkyl halides is 1. The number of carboxylic acid groups (broad SMARTS) is 1. The Morgan fingerprint density at radius 2 is 1.91 bits per heavy atom. The molecule has 0 aliphatic carbocycles. The van der Waals surface area contributed by atoms with E-state index < -0.39 is 24.6 Å². The van der Waals surface area contributed by atoms with Gasteiger partial charge in [-0.3, -0.25) is 9.59 Å². The number of benzene rings is 1. The van der Waals surface area contributed by atoms with Crippen molar-refractivity contribution in [3.63, 3.8) is 0 Å². The predicted octanol–water partition coefficient (Wildman–Crippen LogP) is 1.97. The molecule has 0 radical (unpaired) electrons. The number of halogens is 1. The van der Waals surface area contributed by atoms with Crippen LogP contribution in [0.3, 0.4) is 0 Å². The standard InChI is InChI=1S/C16H22FNO4/c1-11(19)15(18)7-4-13(16(20)21)10-12-2-5-14(6-3-12)22-9-8-17/h2-3,5-6,13,15H,4,7-10,18H2,1H3,(H,20,21)/t13?,15-/m0/s1/i17-1. The number of ether oxygens (including phenoxy) is 1. The van der Waals surface area contributed by atoms with Crippen molar-refractivity contribution >= 4 is 11.8 Å². The molecule has 0 fully saturated rings. The molecule has 1 aromatic carbocycles. The molecule has 0 saturated heterocycles. The molecule has 0 spiro atoms. The third kappa shape index (κ3) is 6.22. The Hall–Kier alpha value is -1.95. The number of carbonyl (C=O) groups excluding carboxylic acids is 1. The summed E-state index contributed by atoms with van der Waals surface area (Å²) in [6, 6.07) is 6.28. The van der Waals surface area contributed by atoms with Crippen LogP contribution in [0.2, 0.25) is 0 Å². The van der Waals surface area contributed by atoms with E-state index >= 15 is 0 Å². The Labute approximate surface area is 129 Å². The number of ketones is 1. The normalized spacial score (nSPS) is 13.4. The smallest absolute Gasteiger partial charge is 0.306 e. The van der Waals surface area contributed by atoms with Crippen LogP contribution < -0.4 is 10.5 Å². The van der Waals surface area contributed by atoms with Crippen LogP contribution in [0.25, 0.3) is 0 Å². The van der Waals surface area contributed by atoms with Gasteiger partial charge >= 0.3 is 5.97 Å². The monoisotopic (exact) mass is 310 g/mol. The summed E-state index contributed by atoms with van der Waals surface area (Å²) >= 11 is 0. The first-order valence-corrected chi connectivity index (χ1v) is 7.20. The summed E-state index contributed by atoms with van der Waals surface area (Å²) in [6.45, 7) is 0.843. The summed E-state index contributed by atoms with van der Waals surface area (Å²) in [5.74, 6) is -1.10. The second-order valence-electron chi connectivity index (χ2n) is 5.22. The van der Waals surface area contributed by atoms with E-state index in [-0.39, 0.29) is 12.4 Å². The zero-order valence-electron chi connectivity index (χ0n) is 12.6. The van der Waals surface area contributed by atoms with Crippen molar-refractivity contribution in [2.45, 2.75) is 32.2 Å². The van der Waals surface area contributed by atoms with Gasteiger partial charge in [-0.25, -0.2) is 4.39 Å². The molecule has 0 aliphatic heterocycles. The van der Waals surface area contributed by atoms with E-state index in [2.05, 4.69) is 0 Å². The highest BCUT2D eigenvalue weighted by Crippen LogP contribution is 2.19. The van der Waals surface area contributed by atoms with Gasteiger partial charge < -0.3 is 15.6 Å². The Morgan fingerprint density at radius 3 is 2.41 bits per heavy atom. The highest BCUT2D eigenvalue weighted by atomic mass is 18.2. The van der Waals surface area contributed by atoms with Crippen LogP contribution in [0.4, 0.5) is 4.39 Å². The summed E-state index contributed by atoms with van der Waals surface area (Å²) in [6.07, 6.45) is 1.05. The molecule has 2 atom stereocenters. The molecule has 6 heteroatoms. The number of aliphatic carboxylic acids is 1. The lowest BCUT2D eigenvalue weighted by Crippen LogP contribution is -2.30. The van der Waals surface area contributed by atoms with Gasteiger partial charge in [0.15, 0.2) is 0 Å². The summed E-state index contributed by atoms with van der Waals surface area (Å²) in [5, 5.41) is 9.26. The fourth-order valence-electron chi connectivity index (χ4n) is 2.06. The highest BCUT2D eigenvalue weighted by molar-refractivity contribution is 5.81. The topological polar surface area (TPSA) is 89.6 Å². The molecule has 22 heavy (non-hydrogen) atoms. The number of hydrogen-bond acceptors (Lipinski definition) is 4. The molecular formula is C16H22FNO4. The quantitative estimate of drug-likeness (QED) is 0.689. The molecule has 5 nitrogen and oxygen atoms in total. The molecule has 1 rings (SSSR count). The van der Waals surface area contributed by atoms with Gasteiger partial charge in [0.2, 0.25) is 0 Å². The maximum atomic E-state index is 12.0. The van der Waals surface area contributed by atoms with E-state index in [0.29, 0.717) is 25.0 Å². The first-order valence-electron chi connectivity index (χ1n) is 7.20. The lowest BCUT2D eigenvalue weighted by molar-refractivity contribution is -0.142. The third-order valence-electron chi connectivity index (χ3n) is 3.45. The van der Waals surface area contributed by atoms with Crippen molar-refractivity contribution in [2.24, 2.45) is 11.7 Å². The minimum absolute atomic E-state index is 0.0000321. The van der Waals surface area contributed by atoms with E-state index in [4.69, 9.17) is 10.5 Å². The van der Waals surface area contributed by atoms with Gasteiger partial charge in [0.1, 0.15) is 24.8 Å². The number of hydrogen-bond donors (Lipinski definition) is 2. The predicted molar refractivity (Wildman–Crippen MR) is 80.6 cm³/mol. The van der Waals surface area contributed by atoms with E-state index in [9.17, 15) is 19.1 Å². The first-order chi connectivity index (χ1) is 10.4. The largest absolute Gasteiger partial charge is 0.491 e. The van der Waals surface area contributed by atoms with Gasteiger partial charge in [0.05, 0.1) is 12.0 Å². The number of nitrogens with two attached hydrogens (primary N) is 1. The molecule has 0 amide bonds. The van der Waals surface area contributed by atoms with Crippen LogP contribution in [-0.2, 0) is 16.0 Å². The zero-order chi connectivity index (χ0) is 16.5. The highest BCUT2D eigenvalue weighted by Gasteiger charge is 2.20. The van der Waals surface area contributed by atoms with Crippen LogP contribution in [0.5, 0.6) is 5.75 Å². The molecule has 0 heterocycles. The van der Waals surface area contributed by atoms with Gasteiger partial charge in [-0.1, -0.05) is 12.1 Å². The lowest BCUT2D eigenvalue weighted by Gasteiger charge is -2.15. The number of rotatable bonds is 10. The van der Waals surface area contributed by atoms with Crippen LogP contribution in [0, 0.1) is 5.92 Å². The second kappa shape index (κ2) is 9.15. The summed E-state index contributed by atoms with van der Waals surface area (Å²) < 4.78 is 17.1. The number of carboxylic acids is 1. The van der Waals surface area contributed by atoms with Crippen molar-refractivity contribution in [3.05, 3.63) is 29.8 Å². The average molecular weight is 310 g/mol. The first kappa shape index (κ1) is 18.1. The Bertz CT molecular complexity index is 489. The van der Waals surface area contributed by atoms with Gasteiger partial charge in [0, 0.05) is 0 Å². The molecule has 0 saturated carbocycles. The Morgan fingerprint density at radius 1 is 1.27 bits per heavy atom. The van der Waals surface area contributed by atoms with Crippen molar-refractivity contribution in [1.82, 2.24) is 0 Å². The Kier molecular flexibility index (Phi) is 7.52. The van der Waals surface area contributed by atoms with Gasteiger partial charge in [0.25, 0.3) is 0 Å². The minimum Gasteiger partial charge on any atom is -0.491 e. The van der Waals surface area contributed by atoms with E-state index in [0.717, 1.165) is 5.56 Å². The molecule has 0 bridgehead atoms. The maximum absolute atomic E-state index is 12.0. The minimum atomic E-state index is -0.909.